The predicted molar refractivity (Wildman–Crippen MR) is 57.6 cm³/mol. The van der Waals surface area contributed by atoms with Crippen LogP contribution in [0.25, 0.3) is 0 Å². The van der Waals surface area contributed by atoms with Crippen molar-refractivity contribution in [1.82, 2.24) is 0 Å². The number of nitrogens with two attached hydrogens (primary N) is 1. The lowest BCUT2D eigenvalue weighted by Crippen LogP contribution is -2.12. The molecule has 1 unspecified atom stereocenters. The maximum absolute atomic E-state index is 13.0. The molecule has 0 aromatic heterocycles. The van der Waals surface area contributed by atoms with E-state index < -0.39 is 0 Å². The van der Waals surface area contributed by atoms with Gasteiger partial charge in [-0.15, -0.1) is 0 Å². The molecule has 1 rings (SSSR count). The van der Waals surface area contributed by atoms with Gasteiger partial charge in [0.05, 0.1) is 0 Å². The van der Waals surface area contributed by atoms with Gasteiger partial charge in [0, 0.05) is 6.04 Å². The maximum atomic E-state index is 13.0. The van der Waals surface area contributed by atoms with Crippen molar-refractivity contribution >= 4 is 0 Å². The third-order valence-electron chi connectivity index (χ3n) is 2.49. The molecule has 0 amide bonds. The van der Waals surface area contributed by atoms with Gasteiger partial charge in [-0.05, 0) is 36.1 Å². The summed E-state index contributed by atoms with van der Waals surface area (Å²) in [4.78, 5) is 0. The third kappa shape index (κ3) is 2.55. The Morgan fingerprint density at radius 2 is 2.07 bits per heavy atom. The molecule has 1 nitrogen and oxygen atoms in total. The predicted octanol–water partition coefficient (Wildman–Crippen LogP) is 3.19. The first-order valence-electron chi connectivity index (χ1n) is 5.23. The van der Waals surface area contributed by atoms with Gasteiger partial charge in [0.1, 0.15) is 5.82 Å². The lowest BCUT2D eigenvalue weighted by atomic mass is 9.96. The summed E-state index contributed by atoms with van der Waals surface area (Å²) < 4.78 is 13.0. The summed E-state index contributed by atoms with van der Waals surface area (Å²) in [7, 11) is 0. The van der Waals surface area contributed by atoms with Crippen molar-refractivity contribution in [3.8, 4) is 0 Å². The molecule has 1 aromatic carbocycles. The first-order chi connectivity index (χ1) is 6.69. The highest BCUT2D eigenvalue weighted by molar-refractivity contribution is 5.30. The fourth-order valence-corrected chi connectivity index (χ4v) is 1.70. The Kier molecular flexibility index (Phi) is 4.08. The van der Waals surface area contributed by atoms with Crippen molar-refractivity contribution < 1.29 is 4.39 Å². The summed E-state index contributed by atoms with van der Waals surface area (Å²) in [5, 5.41) is 0. The molecular formula is C12H18FN. The summed E-state index contributed by atoms with van der Waals surface area (Å²) in [5.74, 6) is -0.191. The van der Waals surface area contributed by atoms with Crippen LogP contribution in [0.4, 0.5) is 4.39 Å². The van der Waals surface area contributed by atoms with Crippen molar-refractivity contribution in [2.45, 2.75) is 39.2 Å². The lowest BCUT2D eigenvalue weighted by Gasteiger charge is -2.15. The number of hydrogen-bond donors (Lipinski definition) is 1. The summed E-state index contributed by atoms with van der Waals surface area (Å²) >= 11 is 0. The Morgan fingerprint density at radius 1 is 1.36 bits per heavy atom. The zero-order valence-electron chi connectivity index (χ0n) is 8.89. The van der Waals surface area contributed by atoms with Gasteiger partial charge < -0.3 is 5.73 Å². The highest BCUT2D eigenvalue weighted by atomic mass is 19.1. The van der Waals surface area contributed by atoms with E-state index in [-0.39, 0.29) is 11.9 Å². The van der Waals surface area contributed by atoms with Gasteiger partial charge in [-0.1, -0.05) is 26.3 Å². The smallest absolute Gasteiger partial charge is 0.123 e. The molecule has 0 saturated carbocycles. The zero-order valence-corrected chi connectivity index (χ0v) is 8.89. The molecule has 0 spiro atoms. The van der Waals surface area contributed by atoms with Gasteiger partial charge in [0.15, 0.2) is 0 Å². The molecular weight excluding hydrogens is 177 g/mol. The summed E-state index contributed by atoms with van der Waals surface area (Å²) in [6.45, 7) is 4.15. The second-order valence-corrected chi connectivity index (χ2v) is 3.59. The van der Waals surface area contributed by atoms with Crippen LogP contribution in [0, 0.1) is 5.82 Å². The average molecular weight is 195 g/mol. The Morgan fingerprint density at radius 3 is 2.64 bits per heavy atom. The molecule has 0 fully saturated rings. The van der Waals surface area contributed by atoms with E-state index in [4.69, 9.17) is 5.73 Å². The number of hydrogen-bond acceptors (Lipinski definition) is 1. The van der Waals surface area contributed by atoms with Gasteiger partial charge in [-0.2, -0.15) is 0 Å². The monoisotopic (exact) mass is 195 g/mol. The van der Waals surface area contributed by atoms with E-state index in [1.165, 1.54) is 6.07 Å². The molecule has 2 N–H and O–H groups in total. The van der Waals surface area contributed by atoms with Crippen LogP contribution in [0.15, 0.2) is 18.2 Å². The first-order valence-corrected chi connectivity index (χ1v) is 5.23. The van der Waals surface area contributed by atoms with E-state index >= 15 is 0 Å². The van der Waals surface area contributed by atoms with Crippen LogP contribution >= 0.6 is 0 Å². The van der Waals surface area contributed by atoms with E-state index in [0.717, 1.165) is 30.4 Å². The molecule has 0 aliphatic heterocycles. The lowest BCUT2D eigenvalue weighted by molar-refractivity contribution is 0.601. The van der Waals surface area contributed by atoms with E-state index in [2.05, 4.69) is 13.8 Å². The van der Waals surface area contributed by atoms with Crippen LogP contribution < -0.4 is 5.73 Å². The average Bonchev–Trinajstić information content (AvgIpc) is 2.18. The van der Waals surface area contributed by atoms with Crippen LogP contribution in [-0.4, -0.2) is 0 Å². The van der Waals surface area contributed by atoms with E-state index in [1.54, 1.807) is 6.07 Å². The molecule has 1 atom stereocenters. The van der Waals surface area contributed by atoms with Gasteiger partial charge in [0.2, 0.25) is 0 Å². The van der Waals surface area contributed by atoms with Crippen molar-refractivity contribution in [3.05, 3.63) is 35.1 Å². The molecule has 0 aliphatic rings. The van der Waals surface area contributed by atoms with Gasteiger partial charge in [0.25, 0.3) is 0 Å². The van der Waals surface area contributed by atoms with Crippen molar-refractivity contribution in [2.75, 3.05) is 0 Å². The number of halogens is 1. The topological polar surface area (TPSA) is 26.0 Å². The van der Waals surface area contributed by atoms with Crippen LogP contribution in [-0.2, 0) is 6.42 Å². The fourth-order valence-electron chi connectivity index (χ4n) is 1.70. The zero-order chi connectivity index (χ0) is 10.6. The molecule has 78 valence electrons. The second kappa shape index (κ2) is 5.11. The first kappa shape index (κ1) is 11.2. The molecule has 2 heteroatoms. The molecule has 1 aromatic rings. The number of benzene rings is 1. The quantitative estimate of drug-likeness (QED) is 0.784. The van der Waals surface area contributed by atoms with Gasteiger partial charge in [-0.3, -0.25) is 0 Å². The SMILES string of the molecule is CCCC(N)c1cc(F)ccc1CC. The number of aryl methyl sites for hydroxylation is 1. The Hall–Kier alpha value is -0.890. The van der Waals surface area contributed by atoms with Crippen LogP contribution in [0.2, 0.25) is 0 Å². The standard InChI is InChI=1S/C12H18FN/c1-3-5-12(14)11-8-10(13)7-6-9(11)4-2/h6-8,12H,3-5,14H2,1-2H3. The Balaban J connectivity index is 2.97. The molecule has 0 radical (unpaired) electrons. The Bertz CT molecular complexity index is 296. The van der Waals surface area contributed by atoms with Crippen molar-refractivity contribution in [3.63, 3.8) is 0 Å². The molecule has 0 saturated heterocycles. The highest BCUT2D eigenvalue weighted by Crippen LogP contribution is 2.21. The molecule has 0 heterocycles. The minimum Gasteiger partial charge on any atom is -0.324 e. The number of rotatable bonds is 4. The summed E-state index contributed by atoms with van der Waals surface area (Å²) in [6, 6.07) is 4.88. The normalized spacial score (nSPS) is 12.9. The molecule has 0 aliphatic carbocycles. The highest BCUT2D eigenvalue weighted by Gasteiger charge is 2.10. The summed E-state index contributed by atoms with van der Waals surface area (Å²) in [5.41, 5.74) is 8.11. The summed E-state index contributed by atoms with van der Waals surface area (Å²) in [6.07, 6.45) is 2.85. The largest absolute Gasteiger partial charge is 0.324 e. The van der Waals surface area contributed by atoms with Crippen molar-refractivity contribution in [2.24, 2.45) is 5.73 Å². The molecule has 14 heavy (non-hydrogen) atoms. The van der Waals surface area contributed by atoms with Gasteiger partial charge in [-0.25, -0.2) is 4.39 Å². The van der Waals surface area contributed by atoms with E-state index in [0.29, 0.717) is 0 Å². The van der Waals surface area contributed by atoms with E-state index in [1.807, 2.05) is 6.07 Å². The minimum absolute atomic E-state index is 0.0225. The Labute approximate surface area is 85.1 Å². The maximum Gasteiger partial charge on any atom is 0.123 e. The van der Waals surface area contributed by atoms with Gasteiger partial charge >= 0.3 is 0 Å². The van der Waals surface area contributed by atoms with E-state index in [9.17, 15) is 4.39 Å². The van der Waals surface area contributed by atoms with Crippen LogP contribution in [0.3, 0.4) is 0 Å². The molecule has 0 bridgehead atoms. The van der Waals surface area contributed by atoms with Crippen LogP contribution in [0.5, 0.6) is 0 Å². The van der Waals surface area contributed by atoms with Crippen molar-refractivity contribution in [1.29, 1.82) is 0 Å². The third-order valence-corrected chi connectivity index (χ3v) is 2.49. The minimum atomic E-state index is -0.191. The second-order valence-electron chi connectivity index (χ2n) is 3.59. The van der Waals surface area contributed by atoms with Crippen LogP contribution in [0.1, 0.15) is 43.9 Å². The fraction of sp³-hybridized carbons (Fsp3) is 0.500.